The molecule has 1 fully saturated rings. The summed E-state index contributed by atoms with van der Waals surface area (Å²) in [4.78, 5) is 12.0. The Morgan fingerprint density at radius 1 is 1.21 bits per heavy atom. The predicted octanol–water partition coefficient (Wildman–Crippen LogP) is 3.07. The molecule has 1 aromatic rings. The summed E-state index contributed by atoms with van der Waals surface area (Å²) in [5, 5.41) is 15.1. The van der Waals surface area contributed by atoms with E-state index in [9.17, 15) is 4.79 Å². The molecule has 0 saturated heterocycles. The zero-order valence-electron chi connectivity index (χ0n) is 14.8. The van der Waals surface area contributed by atoms with Crippen LogP contribution in [-0.4, -0.2) is 30.4 Å². The topological polar surface area (TPSA) is 70.6 Å². The van der Waals surface area contributed by atoms with E-state index < -0.39 is 0 Å². The van der Waals surface area contributed by atoms with Crippen molar-refractivity contribution in [2.24, 2.45) is 11.8 Å². The molecule has 1 aliphatic carbocycles. The molecule has 2 rings (SSSR count). The Morgan fingerprint density at radius 2 is 1.88 bits per heavy atom. The molecule has 1 aromatic carbocycles. The molecular weight excluding hydrogens is 304 g/mol. The Hall–Kier alpha value is -1.75. The van der Waals surface area contributed by atoms with Crippen LogP contribution in [0.25, 0.3) is 0 Å². The number of amides is 2. The first kappa shape index (κ1) is 18.6. The van der Waals surface area contributed by atoms with E-state index >= 15 is 0 Å². The molecule has 24 heavy (non-hydrogen) atoms. The van der Waals surface area contributed by atoms with Crippen molar-refractivity contribution < 1.29 is 14.6 Å². The van der Waals surface area contributed by atoms with Crippen molar-refractivity contribution in [3.63, 3.8) is 0 Å². The summed E-state index contributed by atoms with van der Waals surface area (Å²) in [7, 11) is 0. The summed E-state index contributed by atoms with van der Waals surface area (Å²) in [5.41, 5.74) is 1.05. The van der Waals surface area contributed by atoms with Crippen LogP contribution in [0.2, 0.25) is 0 Å². The van der Waals surface area contributed by atoms with Crippen molar-refractivity contribution >= 4 is 6.03 Å². The second kappa shape index (κ2) is 9.52. The lowest BCUT2D eigenvalue weighted by Crippen LogP contribution is -2.43. The minimum absolute atomic E-state index is 0.123. The summed E-state index contributed by atoms with van der Waals surface area (Å²) < 4.78 is 5.65. The third kappa shape index (κ3) is 6.40. The first-order valence-electron chi connectivity index (χ1n) is 8.93. The molecule has 5 heteroatoms. The molecule has 134 valence electrons. The van der Waals surface area contributed by atoms with Crippen molar-refractivity contribution in [3.8, 4) is 5.75 Å². The summed E-state index contributed by atoms with van der Waals surface area (Å²) in [5.74, 6) is 1.77. The van der Waals surface area contributed by atoms with Gasteiger partial charge in [-0.25, -0.2) is 4.79 Å². The molecule has 0 heterocycles. The maximum Gasteiger partial charge on any atom is 0.315 e. The van der Waals surface area contributed by atoms with Crippen molar-refractivity contribution in [2.75, 3.05) is 13.2 Å². The SMILES string of the molecule is CC(C)COc1ccc(CNC(=O)NC2CCC(CO)CC2)cc1. The van der Waals surface area contributed by atoms with E-state index in [4.69, 9.17) is 9.84 Å². The Balaban J connectivity index is 1.68. The highest BCUT2D eigenvalue weighted by molar-refractivity contribution is 5.74. The van der Waals surface area contributed by atoms with Crippen LogP contribution in [0.4, 0.5) is 4.79 Å². The van der Waals surface area contributed by atoms with E-state index in [0.29, 0.717) is 25.0 Å². The number of aliphatic hydroxyl groups is 1. The van der Waals surface area contributed by atoms with Gasteiger partial charge in [0.1, 0.15) is 5.75 Å². The highest BCUT2D eigenvalue weighted by Crippen LogP contribution is 2.23. The van der Waals surface area contributed by atoms with Gasteiger partial charge < -0.3 is 20.5 Å². The van der Waals surface area contributed by atoms with Crippen molar-refractivity contribution in [3.05, 3.63) is 29.8 Å². The van der Waals surface area contributed by atoms with E-state index in [1.807, 2.05) is 24.3 Å². The number of urea groups is 1. The molecule has 3 N–H and O–H groups in total. The fourth-order valence-corrected chi connectivity index (χ4v) is 2.87. The van der Waals surface area contributed by atoms with Crippen LogP contribution in [0.15, 0.2) is 24.3 Å². The lowest BCUT2D eigenvalue weighted by atomic mass is 9.87. The molecule has 0 aliphatic heterocycles. The smallest absolute Gasteiger partial charge is 0.315 e. The standard InChI is InChI=1S/C19H30N2O3/c1-14(2)13-24-18-9-5-15(6-10-18)11-20-19(23)21-17-7-3-16(12-22)4-8-17/h5-6,9-10,14,16-17,22H,3-4,7-8,11-13H2,1-2H3,(H2,20,21,23). The number of hydrogen-bond acceptors (Lipinski definition) is 3. The van der Waals surface area contributed by atoms with Crippen LogP contribution in [0.3, 0.4) is 0 Å². The van der Waals surface area contributed by atoms with E-state index in [2.05, 4.69) is 24.5 Å². The van der Waals surface area contributed by atoms with Crippen molar-refractivity contribution in [1.82, 2.24) is 10.6 Å². The molecular formula is C19H30N2O3. The molecule has 2 amide bonds. The van der Waals surface area contributed by atoms with E-state index in [-0.39, 0.29) is 18.7 Å². The third-order valence-electron chi connectivity index (χ3n) is 4.40. The number of ether oxygens (including phenoxy) is 1. The number of hydrogen-bond donors (Lipinski definition) is 3. The molecule has 0 aromatic heterocycles. The van der Waals surface area contributed by atoms with E-state index in [1.54, 1.807) is 0 Å². The summed E-state index contributed by atoms with van der Waals surface area (Å²) in [6.45, 7) is 5.71. The van der Waals surface area contributed by atoms with E-state index in [1.165, 1.54) is 0 Å². The van der Waals surface area contributed by atoms with Crippen molar-refractivity contribution in [2.45, 2.75) is 52.1 Å². The molecule has 0 unspecified atom stereocenters. The summed E-state index contributed by atoms with van der Waals surface area (Å²) in [6, 6.07) is 7.92. The Kier molecular flexibility index (Phi) is 7.37. The van der Waals surface area contributed by atoms with Gasteiger partial charge in [0, 0.05) is 19.2 Å². The monoisotopic (exact) mass is 334 g/mol. The third-order valence-corrected chi connectivity index (χ3v) is 4.40. The highest BCUT2D eigenvalue weighted by Gasteiger charge is 2.21. The fraction of sp³-hybridized carbons (Fsp3) is 0.632. The van der Waals surface area contributed by atoms with Crippen LogP contribution < -0.4 is 15.4 Å². The molecule has 0 bridgehead atoms. The average Bonchev–Trinajstić information content (AvgIpc) is 2.59. The van der Waals surface area contributed by atoms with Crippen LogP contribution in [-0.2, 0) is 6.54 Å². The van der Waals surface area contributed by atoms with Gasteiger partial charge in [-0.3, -0.25) is 0 Å². The lowest BCUT2D eigenvalue weighted by molar-refractivity contribution is 0.174. The van der Waals surface area contributed by atoms with Crippen LogP contribution in [0.1, 0.15) is 45.1 Å². The van der Waals surface area contributed by atoms with Gasteiger partial charge in [0.2, 0.25) is 0 Å². The molecule has 5 nitrogen and oxygen atoms in total. The fourth-order valence-electron chi connectivity index (χ4n) is 2.87. The van der Waals surface area contributed by atoms with Crippen LogP contribution >= 0.6 is 0 Å². The largest absolute Gasteiger partial charge is 0.493 e. The van der Waals surface area contributed by atoms with Gasteiger partial charge in [0.05, 0.1) is 6.61 Å². The second-order valence-electron chi connectivity index (χ2n) is 7.08. The van der Waals surface area contributed by atoms with E-state index in [0.717, 1.165) is 37.0 Å². The number of carbonyl (C=O) groups excluding carboxylic acids is 1. The van der Waals surface area contributed by atoms with Crippen LogP contribution in [0.5, 0.6) is 5.75 Å². The normalized spacial score (nSPS) is 20.7. The van der Waals surface area contributed by atoms with Gasteiger partial charge in [0.25, 0.3) is 0 Å². The Labute approximate surface area is 144 Å². The molecule has 0 atom stereocenters. The quantitative estimate of drug-likeness (QED) is 0.718. The number of nitrogens with one attached hydrogen (secondary N) is 2. The first-order valence-corrected chi connectivity index (χ1v) is 8.93. The average molecular weight is 334 g/mol. The van der Waals surface area contributed by atoms with Crippen molar-refractivity contribution in [1.29, 1.82) is 0 Å². The van der Waals surface area contributed by atoms with Gasteiger partial charge >= 0.3 is 6.03 Å². The molecule has 0 spiro atoms. The zero-order valence-corrected chi connectivity index (χ0v) is 14.8. The second-order valence-corrected chi connectivity index (χ2v) is 7.08. The number of benzene rings is 1. The number of carbonyl (C=O) groups is 1. The number of aliphatic hydroxyl groups excluding tert-OH is 1. The predicted molar refractivity (Wildman–Crippen MR) is 95.0 cm³/mol. The number of rotatable bonds is 7. The van der Waals surface area contributed by atoms with Gasteiger partial charge in [-0.2, -0.15) is 0 Å². The summed E-state index contributed by atoms with van der Waals surface area (Å²) >= 11 is 0. The van der Waals surface area contributed by atoms with Gasteiger partial charge in [0.15, 0.2) is 0 Å². The van der Waals surface area contributed by atoms with Crippen LogP contribution in [0, 0.1) is 11.8 Å². The maximum absolute atomic E-state index is 12.0. The molecule has 0 radical (unpaired) electrons. The van der Waals surface area contributed by atoms with Gasteiger partial charge in [-0.05, 0) is 55.2 Å². The minimum atomic E-state index is -0.123. The summed E-state index contributed by atoms with van der Waals surface area (Å²) in [6.07, 6.45) is 3.86. The maximum atomic E-state index is 12.0. The minimum Gasteiger partial charge on any atom is -0.493 e. The zero-order chi connectivity index (χ0) is 17.4. The highest BCUT2D eigenvalue weighted by atomic mass is 16.5. The Bertz CT molecular complexity index is 494. The van der Waals surface area contributed by atoms with Gasteiger partial charge in [-0.1, -0.05) is 26.0 Å². The first-order chi connectivity index (χ1) is 11.6. The molecule has 1 aliphatic rings. The van der Waals surface area contributed by atoms with Gasteiger partial charge in [-0.15, -0.1) is 0 Å². The molecule has 1 saturated carbocycles. The Morgan fingerprint density at radius 3 is 2.46 bits per heavy atom. The lowest BCUT2D eigenvalue weighted by Gasteiger charge is -2.27.